The third-order valence-corrected chi connectivity index (χ3v) is 11.7. The van der Waals surface area contributed by atoms with E-state index in [1.807, 2.05) is 29.2 Å². The first kappa shape index (κ1) is 35.0. The number of piperazine rings is 1. The fraction of sp³-hybridized carbons (Fsp3) is 0.559. The Bertz CT molecular complexity index is 1640. The molecule has 49 heavy (non-hydrogen) atoms. The van der Waals surface area contributed by atoms with Crippen molar-refractivity contribution in [3.8, 4) is 5.75 Å². The second-order valence-electron chi connectivity index (χ2n) is 13.5. The van der Waals surface area contributed by atoms with Gasteiger partial charge in [0.15, 0.2) is 6.10 Å². The van der Waals surface area contributed by atoms with Crippen LogP contribution in [0.2, 0.25) is 0 Å². The normalized spacial score (nSPS) is 21.1. The predicted octanol–water partition coefficient (Wildman–Crippen LogP) is 1.36. The smallest absolute Gasteiger partial charge is 0.410 e. The number of sulfonamides is 1. The first-order valence-corrected chi connectivity index (χ1v) is 19.0. The molecule has 0 aliphatic carbocycles. The van der Waals surface area contributed by atoms with Crippen molar-refractivity contribution in [3.05, 3.63) is 53.6 Å². The fourth-order valence-corrected chi connectivity index (χ4v) is 8.30. The van der Waals surface area contributed by atoms with Crippen LogP contribution in [0.15, 0.2) is 42.5 Å². The lowest BCUT2D eigenvalue weighted by atomic mass is 9.91. The van der Waals surface area contributed by atoms with Crippen LogP contribution in [0.3, 0.4) is 0 Å². The van der Waals surface area contributed by atoms with Gasteiger partial charge in [-0.3, -0.25) is 9.69 Å². The monoisotopic (exact) mass is 692 g/mol. The van der Waals surface area contributed by atoms with Crippen LogP contribution in [-0.4, -0.2) is 147 Å². The summed E-state index contributed by atoms with van der Waals surface area (Å²) in [6, 6.07) is 12.6. The van der Waals surface area contributed by atoms with E-state index < -0.39 is 22.2 Å². The van der Waals surface area contributed by atoms with Gasteiger partial charge in [-0.25, -0.2) is 18.0 Å². The molecule has 4 heterocycles. The minimum atomic E-state index is -3.21. The number of carbonyl (C=O) groups excluding carboxylic acids is 3. The molecule has 0 aromatic heterocycles. The van der Waals surface area contributed by atoms with E-state index in [9.17, 15) is 27.9 Å². The predicted molar refractivity (Wildman–Crippen MR) is 186 cm³/mol. The SMILES string of the molecule is [B]c1cc(C[C@@H](OC(=O)N2CCC(N3CCc4ccccc4NC3=O)CC2)C(=O)N2CCC(N3CCN(S(C)(=O)=O)CC3)CC2)ccc1O. The van der Waals surface area contributed by atoms with E-state index in [0.717, 1.165) is 30.5 Å². The molecule has 1 atom stereocenters. The van der Waals surface area contributed by atoms with E-state index in [0.29, 0.717) is 77.3 Å². The third kappa shape index (κ3) is 8.33. The number of amides is 4. The van der Waals surface area contributed by atoms with Gasteiger partial charge in [-0.05, 0) is 55.4 Å². The summed E-state index contributed by atoms with van der Waals surface area (Å²) < 4.78 is 31.3. The van der Waals surface area contributed by atoms with Crippen LogP contribution in [0.25, 0.3) is 0 Å². The van der Waals surface area contributed by atoms with Crippen LogP contribution in [0.5, 0.6) is 5.75 Å². The molecular formula is C34H45BN6O7S. The van der Waals surface area contributed by atoms with E-state index in [1.165, 1.54) is 16.6 Å². The zero-order valence-corrected chi connectivity index (χ0v) is 28.8. The van der Waals surface area contributed by atoms with E-state index in [4.69, 9.17) is 12.6 Å². The number of carbonyl (C=O) groups is 3. The minimum Gasteiger partial charge on any atom is -0.509 e. The summed E-state index contributed by atoms with van der Waals surface area (Å²) in [5, 5.41) is 13.0. The van der Waals surface area contributed by atoms with Crippen molar-refractivity contribution in [2.24, 2.45) is 0 Å². The molecule has 6 rings (SSSR count). The van der Waals surface area contributed by atoms with Crippen LogP contribution in [-0.2, 0) is 32.4 Å². The summed E-state index contributed by atoms with van der Waals surface area (Å²) in [6.07, 6.45) is 3.10. The standard InChI is InChI=1S/C34H45BN6O7S/c1-49(46,47)40-20-18-37(19-21-40)26-9-13-38(14-10-26)32(43)31(23-24-6-7-30(42)28(35)22-24)48-34(45)39-15-11-27(12-16-39)41-17-8-25-4-2-3-5-29(25)36-33(41)44/h2-7,22,26-27,31,42H,8-21,23H2,1H3,(H,36,44)/t31-/m1/s1. The Kier molecular flexibility index (Phi) is 10.7. The summed E-state index contributed by atoms with van der Waals surface area (Å²) in [5.74, 6) is -0.344. The van der Waals surface area contributed by atoms with Gasteiger partial charge in [0.1, 0.15) is 13.6 Å². The molecule has 0 saturated carbocycles. The zero-order chi connectivity index (χ0) is 34.7. The number of hydrogen-bond donors (Lipinski definition) is 2. The molecule has 3 fully saturated rings. The Morgan fingerprint density at radius 1 is 0.918 bits per heavy atom. The summed E-state index contributed by atoms with van der Waals surface area (Å²) in [6.45, 7) is 4.60. The number of anilines is 1. The van der Waals surface area contributed by atoms with Crippen molar-refractivity contribution in [2.45, 2.75) is 56.7 Å². The molecule has 2 N–H and O–H groups in total. The van der Waals surface area contributed by atoms with Crippen molar-refractivity contribution in [2.75, 3.05) is 70.5 Å². The van der Waals surface area contributed by atoms with Gasteiger partial charge >= 0.3 is 12.1 Å². The Labute approximate surface area is 289 Å². The second kappa shape index (κ2) is 15.0. The first-order valence-electron chi connectivity index (χ1n) is 17.1. The van der Waals surface area contributed by atoms with Crippen LogP contribution in [0.4, 0.5) is 15.3 Å². The van der Waals surface area contributed by atoms with Crippen LogP contribution in [0, 0.1) is 0 Å². The highest BCUT2D eigenvalue weighted by atomic mass is 32.2. The number of phenolic OH excluding ortho intramolecular Hbond substituents is 1. The lowest BCUT2D eigenvalue weighted by Crippen LogP contribution is -2.55. The highest BCUT2D eigenvalue weighted by Gasteiger charge is 2.37. The molecule has 2 aromatic rings. The van der Waals surface area contributed by atoms with Crippen LogP contribution < -0.4 is 10.8 Å². The van der Waals surface area contributed by atoms with Crippen molar-refractivity contribution in [1.29, 1.82) is 0 Å². The summed E-state index contributed by atoms with van der Waals surface area (Å²) in [5.41, 5.74) is 2.77. The van der Waals surface area contributed by atoms with Gasteiger partial charge in [0.2, 0.25) is 10.0 Å². The molecule has 0 unspecified atom stereocenters. The van der Waals surface area contributed by atoms with Gasteiger partial charge in [-0.1, -0.05) is 35.8 Å². The van der Waals surface area contributed by atoms with Gasteiger partial charge in [0, 0.05) is 83.1 Å². The lowest BCUT2D eigenvalue weighted by molar-refractivity contribution is -0.142. The number of fused-ring (bicyclic) bond motifs is 1. The number of piperidine rings is 2. The number of nitrogens with zero attached hydrogens (tertiary/aromatic N) is 5. The van der Waals surface area contributed by atoms with Gasteiger partial charge in [0.25, 0.3) is 5.91 Å². The number of nitrogens with one attached hydrogen (secondary N) is 1. The summed E-state index contributed by atoms with van der Waals surface area (Å²) in [4.78, 5) is 48.0. The van der Waals surface area contributed by atoms with Gasteiger partial charge in [-0.2, -0.15) is 4.31 Å². The number of rotatable bonds is 7. The number of likely N-dealkylation sites (tertiary alicyclic amines) is 2. The highest BCUT2D eigenvalue weighted by molar-refractivity contribution is 7.88. The van der Waals surface area contributed by atoms with Crippen molar-refractivity contribution >= 4 is 47.1 Å². The first-order chi connectivity index (χ1) is 23.5. The van der Waals surface area contributed by atoms with Crippen molar-refractivity contribution in [1.82, 2.24) is 23.9 Å². The number of phenols is 1. The molecule has 0 bridgehead atoms. The number of ether oxygens (including phenoxy) is 1. The maximum atomic E-state index is 13.9. The zero-order valence-electron chi connectivity index (χ0n) is 28.0. The van der Waals surface area contributed by atoms with E-state index in [2.05, 4.69) is 10.2 Å². The van der Waals surface area contributed by atoms with Gasteiger partial charge < -0.3 is 29.9 Å². The average Bonchev–Trinajstić information content (AvgIpc) is 3.27. The highest BCUT2D eigenvalue weighted by Crippen LogP contribution is 2.26. The van der Waals surface area contributed by atoms with Gasteiger partial charge in [-0.15, -0.1) is 0 Å². The number of urea groups is 1. The minimum absolute atomic E-state index is 0.0218. The van der Waals surface area contributed by atoms with Crippen molar-refractivity contribution < 1.29 is 32.6 Å². The molecule has 262 valence electrons. The van der Waals surface area contributed by atoms with Crippen LogP contribution >= 0.6 is 0 Å². The topological polar surface area (TPSA) is 143 Å². The fourth-order valence-electron chi connectivity index (χ4n) is 7.47. The van der Waals surface area contributed by atoms with E-state index in [-0.39, 0.29) is 41.7 Å². The average molecular weight is 693 g/mol. The molecular weight excluding hydrogens is 647 g/mol. The summed E-state index contributed by atoms with van der Waals surface area (Å²) in [7, 11) is 2.73. The molecule has 4 amide bonds. The quantitative estimate of drug-likeness (QED) is 0.415. The number of hydrogen-bond acceptors (Lipinski definition) is 8. The largest absolute Gasteiger partial charge is 0.509 e. The molecule has 0 spiro atoms. The molecule has 3 saturated heterocycles. The molecule has 2 radical (unpaired) electrons. The molecule has 15 heteroatoms. The maximum Gasteiger partial charge on any atom is 0.410 e. The van der Waals surface area contributed by atoms with Crippen LogP contribution in [0.1, 0.15) is 36.8 Å². The Morgan fingerprint density at radius 3 is 2.24 bits per heavy atom. The Hall–Kier alpha value is -3.82. The molecule has 13 nitrogen and oxygen atoms in total. The Morgan fingerprint density at radius 2 is 1.57 bits per heavy atom. The molecule has 4 aliphatic heterocycles. The number of benzene rings is 2. The molecule has 2 aromatic carbocycles. The lowest BCUT2D eigenvalue weighted by Gasteiger charge is -2.42. The molecule has 4 aliphatic rings. The second-order valence-corrected chi connectivity index (χ2v) is 15.5. The van der Waals surface area contributed by atoms with E-state index >= 15 is 0 Å². The maximum absolute atomic E-state index is 13.9. The van der Waals surface area contributed by atoms with Gasteiger partial charge in [0.05, 0.1) is 6.26 Å². The Balaban J connectivity index is 1.06. The summed E-state index contributed by atoms with van der Waals surface area (Å²) >= 11 is 0. The number of aromatic hydroxyl groups is 1. The third-order valence-electron chi connectivity index (χ3n) is 10.4. The number of para-hydroxylation sites is 1. The van der Waals surface area contributed by atoms with Crippen molar-refractivity contribution in [3.63, 3.8) is 0 Å². The van der Waals surface area contributed by atoms with E-state index in [1.54, 1.807) is 21.9 Å².